The number of carbonyl (C=O) groups excluding carboxylic acids is 2. The monoisotopic (exact) mass is 525 g/mol. The fourth-order valence-corrected chi connectivity index (χ4v) is 7.07. The molecule has 0 aromatic heterocycles. The third-order valence-electron chi connectivity index (χ3n) is 8.23. The lowest BCUT2D eigenvalue weighted by Crippen LogP contribution is -2.49. The second-order valence-electron chi connectivity index (χ2n) is 11.0. The Kier molecular flexibility index (Phi) is 8.04. The summed E-state index contributed by atoms with van der Waals surface area (Å²) in [6, 6.07) is 8.15. The molecule has 2 saturated heterocycles. The smallest absolute Gasteiger partial charge is 0.248 e. The maximum atomic E-state index is 13.6. The molecule has 2 bridgehead atoms. The molecule has 36 heavy (non-hydrogen) atoms. The maximum absolute atomic E-state index is 13.6. The second-order valence-corrected chi connectivity index (χ2v) is 13.1. The SMILES string of the molecule is CS(=O)(=O)CC(=O)N(CCN1C2CCC1CC(c1ccccc1C(N)=O)C2)CC1CCC(F)(F)CC1. The van der Waals surface area contributed by atoms with Crippen LogP contribution in [0.25, 0.3) is 0 Å². The number of amides is 2. The number of benzene rings is 1. The summed E-state index contributed by atoms with van der Waals surface area (Å²) in [6.45, 7) is 1.33. The molecule has 1 aliphatic carbocycles. The lowest BCUT2D eigenvalue weighted by atomic mass is 9.82. The maximum Gasteiger partial charge on any atom is 0.248 e. The van der Waals surface area contributed by atoms with E-state index in [0.29, 0.717) is 50.1 Å². The Morgan fingerprint density at radius 1 is 1.08 bits per heavy atom. The van der Waals surface area contributed by atoms with E-state index in [1.807, 2.05) is 18.2 Å². The van der Waals surface area contributed by atoms with Gasteiger partial charge in [-0.05, 0) is 62.0 Å². The summed E-state index contributed by atoms with van der Waals surface area (Å²) in [5.41, 5.74) is 7.18. The van der Waals surface area contributed by atoms with Crippen LogP contribution in [0.4, 0.5) is 8.78 Å². The third kappa shape index (κ3) is 6.62. The van der Waals surface area contributed by atoms with E-state index in [-0.39, 0.29) is 24.7 Å². The Balaban J connectivity index is 1.41. The molecule has 10 heteroatoms. The normalized spacial score (nSPS) is 26.6. The Morgan fingerprint density at radius 3 is 2.28 bits per heavy atom. The first-order valence-corrected chi connectivity index (χ1v) is 15.0. The molecule has 2 aliphatic heterocycles. The Morgan fingerprint density at radius 2 is 1.69 bits per heavy atom. The lowest BCUT2D eigenvalue weighted by Gasteiger charge is -2.41. The van der Waals surface area contributed by atoms with Crippen LogP contribution in [0.2, 0.25) is 0 Å². The molecule has 2 atom stereocenters. The van der Waals surface area contributed by atoms with Crippen molar-refractivity contribution in [2.75, 3.05) is 31.6 Å². The van der Waals surface area contributed by atoms with Crippen molar-refractivity contribution in [2.24, 2.45) is 11.7 Å². The molecule has 4 rings (SSSR count). The summed E-state index contributed by atoms with van der Waals surface area (Å²) >= 11 is 0. The van der Waals surface area contributed by atoms with Gasteiger partial charge in [-0.15, -0.1) is 0 Å². The highest BCUT2D eigenvalue weighted by Crippen LogP contribution is 2.43. The first-order valence-electron chi connectivity index (χ1n) is 12.9. The summed E-state index contributed by atoms with van der Waals surface area (Å²) in [5.74, 6) is -3.87. The molecule has 7 nitrogen and oxygen atoms in total. The topological polar surface area (TPSA) is 101 Å². The Hall–Kier alpha value is -2.07. The Labute approximate surface area is 212 Å². The summed E-state index contributed by atoms with van der Waals surface area (Å²) in [4.78, 5) is 28.8. The van der Waals surface area contributed by atoms with Gasteiger partial charge in [-0.3, -0.25) is 14.5 Å². The van der Waals surface area contributed by atoms with Crippen LogP contribution >= 0.6 is 0 Å². The van der Waals surface area contributed by atoms with Crippen molar-refractivity contribution in [1.82, 2.24) is 9.80 Å². The van der Waals surface area contributed by atoms with Gasteiger partial charge in [0.25, 0.3) is 0 Å². The molecule has 1 aromatic rings. The lowest BCUT2D eigenvalue weighted by molar-refractivity contribution is -0.130. The van der Waals surface area contributed by atoms with Crippen molar-refractivity contribution < 1.29 is 26.8 Å². The third-order valence-corrected chi connectivity index (χ3v) is 9.00. The molecule has 1 aromatic carbocycles. The van der Waals surface area contributed by atoms with Gasteiger partial charge in [0, 0.05) is 56.4 Å². The Bertz CT molecular complexity index is 1060. The van der Waals surface area contributed by atoms with E-state index in [9.17, 15) is 26.8 Å². The van der Waals surface area contributed by atoms with Crippen molar-refractivity contribution in [3.63, 3.8) is 0 Å². The van der Waals surface area contributed by atoms with Crippen molar-refractivity contribution in [3.05, 3.63) is 35.4 Å². The first-order chi connectivity index (χ1) is 16.9. The quantitative estimate of drug-likeness (QED) is 0.534. The van der Waals surface area contributed by atoms with Gasteiger partial charge in [-0.25, -0.2) is 17.2 Å². The highest BCUT2D eigenvalue weighted by Gasteiger charge is 2.42. The van der Waals surface area contributed by atoms with Crippen LogP contribution in [0, 0.1) is 5.92 Å². The van der Waals surface area contributed by atoms with Crippen LogP contribution in [0.3, 0.4) is 0 Å². The summed E-state index contributed by atoms with van der Waals surface area (Å²) < 4.78 is 50.8. The fourth-order valence-electron chi connectivity index (χ4n) is 6.43. The molecule has 2 N–H and O–H groups in total. The van der Waals surface area contributed by atoms with Crippen molar-refractivity contribution in [3.8, 4) is 0 Å². The zero-order chi connectivity index (χ0) is 26.1. The van der Waals surface area contributed by atoms with Crippen molar-refractivity contribution >= 4 is 21.7 Å². The fraction of sp³-hybridized carbons (Fsp3) is 0.692. The number of carbonyl (C=O) groups is 2. The minimum Gasteiger partial charge on any atom is -0.366 e. The molecule has 2 amide bonds. The number of hydrogen-bond donors (Lipinski definition) is 1. The van der Waals surface area contributed by atoms with Gasteiger partial charge in [-0.1, -0.05) is 18.2 Å². The molecule has 3 aliphatic rings. The zero-order valence-corrected chi connectivity index (χ0v) is 21.7. The van der Waals surface area contributed by atoms with E-state index in [2.05, 4.69) is 4.90 Å². The van der Waals surface area contributed by atoms with Gasteiger partial charge in [0.1, 0.15) is 5.75 Å². The van der Waals surface area contributed by atoms with Crippen LogP contribution in [0.1, 0.15) is 73.2 Å². The molecule has 2 unspecified atom stereocenters. The highest BCUT2D eigenvalue weighted by atomic mass is 32.2. The number of rotatable bonds is 9. The standard InChI is InChI=1S/C26H37F2N3O4S/c1-36(34,35)17-24(32)30(16-18-8-10-26(27,28)11-9-18)12-13-31-20-6-7-21(31)15-19(14-20)22-4-2-3-5-23(22)25(29)33/h2-5,18-21H,6-17H2,1H3,(H2,29,33). The summed E-state index contributed by atoms with van der Waals surface area (Å²) in [7, 11) is -3.49. The van der Waals surface area contributed by atoms with Crippen molar-refractivity contribution in [2.45, 2.75) is 75.3 Å². The molecular formula is C26H37F2N3O4S. The number of fused-ring (bicyclic) bond motifs is 2. The van der Waals surface area contributed by atoms with Gasteiger partial charge in [0.15, 0.2) is 9.84 Å². The number of nitrogens with two attached hydrogens (primary N) is 1. The van der Waals surface area contributed by atoms with Gasteiger partial charge < -0.3 is 10.6 Å². The van der Waals surface area contributed by atoms with Gasteiger partial charge in [0.2, 0.25) is 17.7 Å². The van der Waals surface area contributed by atoms with E-state index >= 15 is 0 Å². The van der Waals surface area contributed by atoms with Gasteiger partial charge >= 0.3 is 0 Å². The largest absolute Gasteiger partial charge is 0.366 e. The predicted octanol–water partition coefficient (Wildman–Crippen LogP) is 3.19. The van der Waals surface area contributed by atoms with E-state index in [4.69, 9.17) is 5.73 Å². The molecule has 0 radical (unpaired) electrons. The minimum absolute atomic E-state index is 0.0408. The number of nitrogens with zero attached hydrogens (tertiary/aromatic N) is 2. The van der Waals surface area contributed by atoms with E-state index in [0.717, 1.165) is 37.5 Å². The summed E-state index contributed by atoms with van der Waals surface area (Å²) in [5, 5.41) is 0. The molecular weight excluding hydrogens is 488 g/mol. The molecule has 3 fully saturated rings. The van der Waals surface area contributed by atoms with Gasteiger partial charge in [0.05, 0.1) is 0 Å². The molecule has 1 saturated carbocycles. The number of primary amides is 1. The van der Waals surface area contributed by atoms with Crippen molar-refractivity contribution in [1.29, 1.82) is 0 Å². The summed E-state index contributed by atoms with van der Waals surface area (Å²) in [6.07, 6.45) is 5.22. The molecule has 2 heterocycles. The van der Waals surface area contributed by atoms with Crippen LogP contribution < -0.4 is 5.73 Å². The number of halogens is 2. The number of hydrogen-bond acceptors (Lipinski definition) is 5. The van der Waals surface area contributed by atoms with E-state index in [1.165, 1.54) is 0 Å². The van der Waals surface area contributed by atoms with Crippen LogP contribution in [0.15, 0.2) is 24.3 Å². The number of alkyl halides is 2. The highest BCUT2D eigenvalue weighted by molar-refractivity contribution is 7.91. The predicted molar refractivity (Wildman–Crippen MR) is 134 cm³/mol. The first kappa shape index (κ1) is 27.0. The van der Waals surface area contributed by atoms with Gasteiger partial charge in [-0.2, -0.15) is 0 Å². The second kappa shape index (κ2) is 10.7. The van der Waals surface area contributed by atoms with Crippen LogP contribution in [-0.2, 0) is 14.6 Å². The van der Waals surface area contributed by atoms with E-state index < -0.39 is 33.3 Å². The average Bonchev–Trinajstić information content (AvgIpc) is 3.03. The zero-order valence-electron chi connectivity index (χ0n) is 20.9. The van der Waals surface area contributed by atoms with Crippen LogP contribution in [0.5, 0.6) is 0 Å². The number of piperidine rings is 1. The average molecular weight is 526 g/mol. The van der Waals surface area contributed by atoms with Crippen LogP contribution in [-0.4, -0.2) is 79.7 Å². The molecule has 0 spiro atoms. The van der Waals surface area contributed by atoms with E-state index in [1.54, 1.807) is 11.0 Å². The molecule has 200 valence electrons. The number of sulfone groups is 1. The minimum atomic E-state index is -3.49.